The average molecular weight is 171 g/mol. The Morgan fingerprint density at radius 2 is 2.09 bits per heavy atom. The Balaban J connectivity index is 2.73. The zero-order chi connectivity index (χ0) is 8.27. The standard InChI is InChI=1S/C7H13N3S/c1-3-5(4-2)6-9-7(8)10-11-6/h5H,3-4H2,1-2H3,(H2,8,10). The highest BCUT2D eigenvalue weighted by Gasteiger charge is 2.11. The number of nitrogen functional groups attached to an aromatic ring is 1. The summed E-state index contributed by atoms with van der Waals surface area (Å²) in [7, 11) is 0. The van der Waals surface area contributed by atoms with Crippen LogP contribution in [-0.2, 0) is 0 Å². The molecule has 0 bridgehead atoms. The van der Waals surface area contributed by atoms with Crippen LogP contribution in [-0.4, -0.2) is 9.36 Å². The van der Waals surface area contributed by atoms with Crippen molar-refractivity contribution in [1.29, 1.82) is 0 Å². The fraction of sp³-hybridized carbons (Fsp3) is 0.714. The van der Waals surface area contributed by atoms with Crippen molar-refractivity contribution in [2.45, 2.75) is 32.6 Å². The molecule has 0 atom stereocenters. The minimum absolute atomic E-state index is 0.414. The summed E-state index contributed by atoms with van der Waals surface area (Å²) in [5.41, 5.74) is 5.41. The van der Waals surface area contributed by atoms with Crippen LogP contribution >= 0.6 is 11.5 Å². The van der Waals surface area contributed by atoms with Gasteiger partial charge in [-0.15, -0.1) is 0 Å². The van der Waals surface area contributed by atoms with Crippen LogP contribution in [0.1, 0.15) is 37.6 Å². The lowest BCUT2D eigenvalue weighted by Crippen LogP contribution is -1.95. The fourth-order valence-corrected chi connectivity index (χ4v) is 1.90. The van der Waals surface area contributed by atoms with E-state index in [2.05, 4.69) is 23.2 Å². The monoisotopic (exact) mass is 171 g/mol. The van der Waals surface area contributed by atoms with Crippen molar-refractivity contribution >= 4 is 17.5 Å². The Morgan fingerprint density at radius 3 is 2.45 bits per heavy atom. The number of rotatable bonds is 3. The van der Waals surface area contributed by atoms with Crippen LogP contribution < -0.4 is 5.73 Å². The second-order valence-corrected chi connectivity index (χ2v) is 3.29. The Hall–Kier alpha value is -0.640. The van der Waals surface area contributed by atoms with Gasteiger partial charge in [0.2, 0.25) is 5.95 Å². The first-order chi connectivity index (χ1) is 5.27. The maximum atomic E-state index is 5.41. The highest BCUT2D eigenvalue weighted by atomic mass is 32.1. The lowest BCUT2D eigenvalue weighted by molar-refractivity contribution is 0.638. The summed E-state index contributed by atoms with van der Waals surface area (Å²) in [6.07, 6.45) is 2.23. The van der Waals surface area contributed by atoms with Crippen molar-refractivity contribution in [3.8, 4) is 0 Å². The summed E-state index contributed by atoms with van der Waals surface area (Å²) in [6, 6.07) is 0. The van der Waals surface area contributed by atoms with Gasteiger partial charge < -0.3 is 5.73 Å². The predicted octanol–water partition coefficient (Wildman–Crippen LogP) is 2.02. The molecule has 1 heterocycles. The Labute approximate surface area is 70.8 Å². The van der Waals surface area contributed by atoms with E-state index in [0.29, 0.717) is 11.9 Å². The molecule has 0 aliphatic rings. The first-order valence-corrected chi connectivity index (χ1v) is 4.64. The maximum absolute atomic E-state index is 5.41. The lowest BCUT2D eigenvalue weighted by Gasteiger charge is -2.05. The average Bonchev–Trinajstić information content (AvgIpc) is 2.39. The SMILES string of the molecule is CCC(CC)c1nc(N)ns1. The molecule has 11 heavy (non-hydrogen) atoms. The molecule has 0 unspecified atom stereocenters. The van der Waals surface area contributed by atoms with Gasteiger partial charge in [0.15, 0.2) is 0 Å². The number of nitrogens with zero attached hydrogens (tertiary/aromatic N) is 2. The molecule has 0 aliphatic heterocycles. The Morgan fingerprint density at radius 1 is 1.45 bits per heavy atom. The quantitative estimate of drug-likeness (QED) is 0.757. The van der Waals surface area contributed by atoms with Gasteiger partial charge in [-0.1, -0.05) is 13.8 Å². The van der Waals surface area contributed by atoms with Gasteiger partial charge in [-0.3, -0.25) is 0 Å². The largest absolute Gasteiger partial charge is 0.367 e. The van der Waals surface area contributed by atoms with Crippen LogP contribution in [0, 0.1) is 0 Å². The van der Waals surface area contributed by atoms with Gasteiger partial charge >= 0.3 is 0 Å². The van der Waals surface area contributed by atoms with Crippen molar-refractivity contribution in [1.82, 2.24) is 9.36 Å². The van der Waals surface area contributed by atoms with Crippen molar-refractivity contribution < 1.29 is 0 Å². The summed E-state index contributed by atoms with van der Waals surface area (Å²) in [6.45, 7) is 4.32. The fourth-order valence-electron chi connectivity index (χ4n) is 1.05. The van der Waals surface area contributed by atoms with E-state index in [9.17, 15) is 0 Å². The molecule has 0 amide bonds. The smallest absolute Gasteiger partial charge is 0.232 e. The third-order valence-electron chi connectivity index (χ3n) is 1.79. The minimum Gasteiger partial charge on any atom is -0.367 e. The molecule has 1 rings (SSSR count). The van der Waals surface area contributed by atoms with E-state index in [-0.39, 0.29) is 0 Å². The van der Waals surface area contributed by atoms with E-state index in [1.54, 1.807) is 0 Å². The summed E-state index contributed by atoms with van der Waals surface area (Å²) in [5.74, 6) is 0.960. The minimum atomic E-state index is 0.414. The van der Waals surface area contributed by atoms with E-state index in [0.717, 1.165) is 17.8 Å². The third kappa shape index (κ3) is 1.89. The molecule has 0 aliphatic carbocycles. The van der Waals surface area contributed by atoms with Crippen LogP contribution in [0.15, 0.2) is 0 Å². The van der Waals surface area contributed by atoms with Crippen molar-refractivity contribution in [3.63, 3.8) is 0 Å². The highest BCUT2D eigenvalue weighted by Crippen LogP contribution is 2.24. The topological polar surface area (TPSA) is 51.8 Å². The van der Waals surface area contributed by atoms with Gasteiger partial charge in [-0.05, 0) is 24.4 Å². The lowest BCUT2D eigenvalue weighted by atomic mass is 10.1. The first-order valence-electron chi connectivity index (χ1n) is 3.87. The number of nitrogens with two attached hydrogens (primary N) is 1. The molecule has 1 aromatic heterocycles. The summed E-state index contributed by atoms with van der Waals surface area (Å²) in [5, 5.41) is 1.08. The van der Waals surface area contributed by atoms with Crippen molar-refractivity contribution in [2.24, 2.45) is 0 Å². The maximum Gasteiger partial charge on any atom is 0.232 e. The normalized spacial score (nSPS) is 10.8. The Bertz CT molecular complexity index is 217. The zero-order valence-corrected chi connectivity index (χ0v) is 7.69. The highest BCUT2D eigenvalue weighted by molar-refractivity contribution is 7.05. The summed E-state index contributed by atoms with van der Waals surface area (Å²) < 4.78 is 3.94. The van der Waals surface area contributed by atoms with Gasteiger partial charge in [0, 0.05) is 5.92 Å². The van der Waals surface area contributed by atoms with Gasteiger partial charge in [0.25, 0.3) is 0 Å². The second-order valence-electron chi connectivity index (χ2n) is 2.50. The number of aromatic nitrogens is 2. The van der Waals surface area contributed by atoms with E-state index < -0.39 is 0 Å². The number of anilines is 1. The van der Waals surface area contributed by atoms with E-state index >= 15 is 0 Å². The molecule has 0 spiro atoms. The third-order valence-corrected chi connectivity index (χ3v) is 2.68. The first kappa shape index (κ1) is 8.46. The summed E-state index contributed by atoms with van der Waals surface area (Å²) in [4.78, 5) is 4.14. The molecule has 1 aromatic rings. The molecule has 0 radical (unpaired) electrons. The molecular formula is C7H13N3S. The van der Waals surface area contributed by atoms with Crippen LogP contribution in [0.25, 0.3) is 0 Å². The van der Waals surface area contributed by atoms with Crippen molar-refractivity contribution in [2.75, 3.05) is 5.73 Å². The van der Waals surface area contributed by atoms with Crippen LogP contribution in [0.3, 0.4) is 0 Å². The molecule has 0 aromatic carbocycles. The van der Waals surface area contributed by atoms with Gasteiger partial charge in [0.05, 0.1) is 0 Å². The molecule has 0 fully saturated rings. The van der Waals surface area contributed by atoms with Crippen molar-refractivity contribution in [3.05, 3.63) is 5.01 Å². The van der Waals surface area contributed by atoms with Crippen LogP contribution in [0.2, 0.25) is 0 Å². The van der Waals surface area contributed by atoms with Crippen LogP contribution in [0.5, 0.6) is 0 Å². The second kappa shape index (κ2) is 3.67. The molecular weight excluding hydrogens is 158 g/mol. The molecule has 4 heteroatoms. The number of hydrogen-bond donors (Lipinski definition) is 1. The molecule has 3 nitrogen and oxygen atoms in total. The molecule has 62 valence electrons. The van der Waals surface area contributed by atoms with E-state index in [1.807, 2.05) is 0 Å². The van der Waals surface area contributed by atoms with Gasteiger partial charge in [0.1, 0.15) is 5.01 Å². The van der Waals surface area contributed by atoms with Crippen LogP contribution in [0.4, 0.5) is 5.95 Å². The predicted molar refractivity (Wildman–Crippen MR) is 47.6 cm³/mol. The number of hydrogen-bond acceptors (Lipinski definition) is 4. The van der Waals surface area contributed by atoms with Gasteiger partial charge in [-0.25, -0.2) is 4.98 Å². The van der Waals surface area contributed by atoms with Gasteiger partial charge in [-0.2, -0.15) is 4.37 Å². The zero-order valence-electron chi connectivity index (χ0n) is 6.87. The summed E-state index contributed by atoms with van der Waals surface area (Å²) >= 11 is 1.42. The molecule has 0 saturated heterocycles. The van der Waals surface area contributed by atoms with E-state index in [1.165, 1.54) is 11.5 Å². The Kier molecular flexibility index (Phi) is 2.82. The van der Waals surface area contributed by atoms with E-state index in [4.69, 9.17) is 5.73 Å². The molecule has 0 saturated carbocycles. The molecule has 2 N–H and O–H groups in total.